The molecule has 0 bridgehead atoms. The number of carbonyl (C=O) groups is 1. The third-order valence-electron chi connectivity index (χ3n) is 2.11. The molecule has 2 rings (SSSR count). The number of carboxylic acid groups (broad SMARTS) is 1. The number of rotatable bonds is 5. The Morgan fingerprint density at radius 2 is 2.26 bits per heavy atom. The van der Waals surface area contributed by atoms with Gasteiger partial charge >= 0.3 is 11.7 Å². The van der Waals surface area contributed by atoms with Gasteiger partial charge in [0.25, 0.3) is 5.56 Å². The van der Waals surface area contributed by atoms with Crippen LogP contribution in [0.1, 0.15) is 15.5 Å². The molecule has 0 saturated carbocycles. The highest BCUT2D eigenvalue weighted by atomic mass is 32.1. The van der Waals surface area contributed by atoms with E-state index in [2.05, 4.69) is 20.5 Å². The summed E-state index contributed by atoms with van der Waals surface area (Å²) in [6, 6.07) is 0. The normalized spacial score (nSPS) is 10.3. The molecule has 2 aromatic rings. The minimum absolute atomic E-state index is 0.0000124. The van der Waals surface area contributed by atoms with Crippen LogP contribution < -0.4 is 16.6 Å². The Morgan fingerprint density at radius 3 is 2.89 bits per heavy atom. The molecule has 19 heavy (non-hydrogen) atoms. The van der Waals surface area contributed by atoms with E-state index in [1.807, 2.05) is 4.98 Å². The number of aromatic nitrogens is 4. The monoisotopic (exact) mass is 283 g/mol. The van der Waals surface area contributed by atoms with Crippen molar-refractivity contribution in [1.82, 2.24) is 20.2 Å². The Hall–Kier alpha value is -2.49. The number of anilines is 1. The highest BCUT2D eigenvalue weighted by molar-refractivity contribution is 7.09. The van der Waals surface area contributed by atoms with Gasteiger partial charge in [0, 0.05) is 18.3 Å². The molecular formula is C9H9N5O4S. The van der Waals surface area contributed by atoms with Crippen molar-refractivity contribution in [2.24, 2.45) is 0 Å². The van der Waals surface area contributed by atoms with Crippen LogP contribution in [0.3, 0.4) is 0 Å². The molecule has 2 aromatic heterocycles. The van der Waals surface area contributed by atoms with Gasteiger partial charge in [0.1, 0.15) is 0 Å². The SMILES string of the molecule is O=C(O)c1csc(CCNc2n[nH]c(=O)[nH]c2=O)n1. The number of nitrogens with zero attached hydrogens (tertiary/aromatic N) is 2. The quantitative estimate of drug-likeness (QED) is 0.566. The zero-order valence-electron chi connectivity index (χ0n) is 9.47. The molecule has 0 saturated heterocycles. The molecule has 100 valence electrons. The van der Waals surface area contributed by atoms with Crippen molar-refractivity contribution in [3.05, 3.63) is 36.9 Å². The van der Waals surface area contributed by atoms with E-state index in [-0.39, 0.29) is 11.5 Å². The fourth-order valence-corrected chi connectivity index (χ4v) is 2.05. The van der Waals surface area contributed by atoms with Crippen LogP contribution in [-0.4, -0.2) is 37.8 Å². The van der Waals surface area contributed by atoms with Gasteiger partial charge < -0.3 is 10.4 Å². The van der Waals surface area contributed by atoms with E-state index in [4.69, 9.17) is 5.11 Å². The van der Waals surface area contributed by atoms with Gasteiger partial charge in [0.2, 0.25) is 5.82 Å². The van der Waals surface area contributed by atoms with Crippen molar-refractivity contribution in [3.8, 4) is 0 Å². The maximum atomic E-state index is 11.3. The lowest BCUT2D eigenvalue weighted by atomic mass is 10.4. The van der Waals surface area contributed by atoms with Crippen molar-refractivity contribution in [2.45, 2.75) is 6.42 Å². The van der Waals surface area contributed by atoms with E-state index < -0.39 is 17.2 Å². The molecule has 0 fully saturated rings. The predicted octanol–water partition coefficient (Wildman–Crippen LogP) is -0.732. The molecule has 0 unspecified atom stereocenters. The van der Waals surface area contributed by atoms with Gasteiger partial charge in [-0.15, -0.1) is 16.4 Å². The van der Waals surface area contributed by atoms with Gasteiger partial charge in [0.05, 0.1) is 5.01 Å². The topological polar surface area (TPSA) is 141 Å². The Labute approximate surface area is 109 Å². The maximum absolute atomic E-state index is 11.3. The number of H-pyrrole nitrogens is 2. The molecule has 9 nitrogen and oxygen atoms in total. The molecule has 0 spiro atoms. The number of carboxylic acids is 1. The first kappa shape index (κ1) is 13.0. The minimum Gasteiger partial charge on any atom is -0.476 e. The van der Waals surface area contributed by atoms with Crippen LogP contribution in [0.4, 0.5) is 5.82 Å². The fraction of sp³-hybridized carbons (Fsp3) is 0.222. The first-order chi connectivity index (χ1) is 9.06. The first-order valence-corrected chi connectivity index (χ1v) is 6.05. The number of hydrogen-bond acceptors (Lipinski definition) is 7. The average molecular weight is 283 g/mol. The minimum atomic E-state index is -1.07. The molecule has 0 atom stereocenters. The largest absolute Gasteiger partial charge is 0.476 e. The summed E-state index contributed by atoms with van der Waals surface area (Å²) in [5.41, 5.74) is -1.30. The second-order valence-corrected chi connectivity index (χ2v) is 4.41. The molecule has 2 heterocycles. The average Bonchev–Trinajstić information content (AvgIpc) is 2.81. The second kappa shape index (κ2) is 5.44. The van der Waals surface area contributed by atoms with Crippen molar-refractivity contribution in [2.75, 3.05) is 11.9 Å². The Bertz CT molecular complexity index is 703. The van der Waals surface area contributed by atoms with Crippen LogP contribution in [0.25, 0.3) is 0 Å². The lowest BCUT2D eigenvalue weighted by Crippen LogP contribution is -2.27. The van der Waals surface area contributed by atoms with Gasteiger partial charge in [0.15, 0.2) is 5.69 Å². The molecule has 0 amide bonds. The first-order valence-electron chi connectivity index (χ1n) is 5.17. The summed E-state index contributed by atoms with van der Waals surface area (Å²) in [7, 11) is 0. The van der Waals surface area contributed by atoms with E-state index in [9.17, 15) is 14.4 Å². The van der Waals surface area contributed by atoms with Gasteiger partial charge in [-0.3, -0.25) is 9.78 Å². The van der Waals surface area contributed by atoms with Crippen LogP contribution in [-0.2, 0) is 6.42 Å². The zero-order valence-corrected chi connectivity index (χ0v) is 10.3. The second-order valence-electron chi connectivity index (χ2n) is 3.46. The smallest absolute Gasteiger partial charge is 0.355 e. The van der Waals surface area contributed by atoms with E-state index in [1.54, 1.807) is 0 Å². The number of hydrogen-bond donors (Lipinski definition) is 4. The van der Waals surface area contributed by atoms with Crippen LogP contribution in [0.5, 0.6) is 0 Å². The molecule has 0 aromatic carbocycles. The van der Waals surface area contributed by atoms with Gasteiger partial charge in [-0.1, -0.05) is 0 Å². The molecule has 10 heteroatoms. The maximum Gasteiger partial charge on any atom is 0.355 e. The number of nitrogens with one attached hydrogen (secondary N) is 3. The summed E-state index contributed by atoms with van der Waals surface area (Å²) in [5, 5.41) is 19.1. The number of aromatic carboxylic acids is 1. The van der Waals surface area contributed by atoms with Crippen molar-refractivity contribution < 1.29 is 9.90 Å². The lowest BCUT2D eigenvalue weighted by Gasteiger charge is -2.01. The van der Waals surface area contributed by atoms with E-state index in [0.29, 0.717) is 18.0 Å². The molecule has 4 N–H and O–H groups in total. The lowest BCUT2D eigenvalue weighted by molar-refractivity contribution is 0.0691. The third-order valence-corrected chi connectivity index (χ3v) is 3.02. The molecular weight excluding hydrogens is 274 g/mol. The van der Waals surface area contributed by atoms with Crippen LogP contribution in [0.2, 0.25) is 0 Å². The van der Waals surface area contributed by atoms with E-state index in [1.165, 1.54) is 16.7 Å². The summed E-state index contributed by atoms with van der Waals surface area (Å²) >= 11 is 1.22. The van der Waals surface area contributed by atoms with Crippen molar-refractivity contribution >= 4 is 23.1 Å². The molecule has 0 aliphatic carbocycles. The summed E-state index contributed by atoms with van der Waals surface area (Å²) in [5.74, 6) is -1.08. The Balaban J connectivity index is 1.94. The zero-order chi connectivity index (χ0) is 13.8. The van der Waals surface area contributed by atoms with Crippen LogP contribution >= 0.6 is 11.3 Å². The fourth-order valence-electron chi connectivity index (χ4n) is 1.28. The summed E-state index contributed by atoms with van der Waals surface area (Å²) in [6.07, 6.45) is 0.443. The van der Waals surface area contributed by atoms with E-state index in [0.717, 1.165) is 0 Å². The van der Waals surface area contributed by atoms with Crippen molar-refractivity contribution in [1.29, 1.82) is 0 Å². The standard InChI is InChI=1S/C9H9N5O4S/c15-7-6(13-14-9(18)12-7)10-2-1-5-11-4(3-19-5)8(16)17/h3H,1-2H2,(H,10,13)(H,16,17)(H2,12,14,15,18). The third kappa shape index (κ3) is 3.25. The molecule has 0 aliphatic heterocycles. The predicted molar refractivity (Wildman–Crippen MR) is 66.7 cm³/mol. The van der Waals surface area contributed by atoms with Gasteiger partial charge in [-0.05, 0) is 0 Å². The summed E-state index contributed by atoms with van der Waals surface area (Å²) < 4.78 is 0. The summed E-state index contributed by atoms with van der Waals surface area (Å²) in [6.45, 7) is 0.342. The highest BCUT2D eigenvalue weighted by Crippen LogP contribution is 2.10. The number of aromatic amines is 2. The Kier molecular flexibility index (Phi) is 3.71. The van der Waals surface area contributed by atoms with Crippen LogP contribution in [0, 0.1) is 0 Å². The van der Waals surface area contributed by atoms with Crippen LogP contribution in [0.15, 0.2) is 15.0 Å². The summed E-state index contributed by atoms with van der Waals surface area (Å²) in [4.78, 5) is 38.6. The van der Waals surface area contributed by atoms with Crippen molar-refractivity contribution in [3.63, 3.8) is 0 Å². The Morgan fingerprint density at radius 1 is 1.47 bits per heavy atom. The van der Waals surface area contributed by atoms with Gasteiger partial charge in [-0.2, -0.15) is 0 Å². The number of thiazole rings is 1. The molecule has 0 radical (unpaired) electrons. The molecule has 0 aliphatic rings. The van der Waals surface area contributed by atoms with E-state index >= 15 is 0 Å². The van der Waals surface area contributed by atoms with Gasteiger partial charge in [-0.25, -0.2) is 19.7 Å². The highest BCUT2D eigenvalue weighted by Gasteiger charge is 2.08.